The molecular formula is C24H24N2O3S. The first-order valence-corrected chi connectivity index (χ1v) is 10.4. The highest BCUT2D eigenvalue weighted by Gasteiger charge is 2.24. The summed E-state index contributed by atoms with van der Waals surface area (Å²) in [5.41, 5.74) is 2.51. The van der Waals surface area contributed by atoms with Crippen molar-refractivity contribution >= 4 is 35.0 Å². The number of hydrogen-bond donors (Lipinski definition) is 1. The van der Waals surface area contributed by atoms with Crippen molar-refractivity contribution in [3.05, 3.63) is 90.5 Å². The van der Waals surface area contributed by atoms with Gasteiger partial charge in [-0.2, -0.15) is 0 Å². The van der Waals surface area contributed by atoms with E-state index < -0.39 is 11.2 Å². The lowest BCUT2D eigenvalue weighted by Gasteiger charge is -2.16. The van der Waals surface area contributed by atoms with Crippen molar-refractivity contribution in [3.8, 4) is 0 Å². The van der Waals surface area contributed by atoms with Gasteiger partial charge in [0.25, 0.3) is 5.91 Å². The second-order valence-corrected chi connectivity index (χ2v) is 8.00. The minimum Gasteiger partial charge on any atom is -0.454 e. The summed E-state index contributed by atoms with van der Waals surface area (Å²) >= 11 is 1.40. The van der Waals surface area contributed by atoms with Gasteiger partial charge in [-0.1, -0.05) is 48.5 Å². The molecule has 3 rings (SSSR count). The van der Waals surface area contributed by atoms with Crippen molar-refractivity contribution in [2.75, 3.05) is 30.9 Å². The molecule has 3 aromatic rings. The number of carbonyl (C=O) groups excluding carboxylic acids is 2. The zero-order valence-electron chi connectivity index (χ0n) is 16.9. The second kappa shape index (κ2) is 10.5. The van der Waals surface area contributed by atoms with E-state index in [2.05, 4.69) is 5.32 Å². The van der Waals surface area contributed by atoms with Gasteiger partial charge in [0, 0.05) is 30.4 Å². The van der Waals surface area contributed by atoms with E-state index in [0.717, 1.165) is 16.1 Å². The van der Waals surface area contributed by atoms with Crippen LogP contribution < -0.4 is 10.2 Å². The van der Waals surface area contributed by atoms with E-state index in [0.29, 0.717) is 5.69 Å². The van der Waals surface area contributed by atoms with Gasteiger partial charge >= 0.3 is 5.97 Å². The topological polar surface area (TPSA) is 58.6 Å². The fourth-order valence-corrected chi connectivity index (χ4v) is 3.81. The van der Waals surface area contributed by atoms with Crippen molar-refractivity contribution in [2.45, 2.75) is 10.1 Å². The molecule has 0 aliphatic heterocycles. The molecule has 5 nitrogen and oxygen atoms in total. The molecule has 30 heavy (non-hydrogen) atoms. The average molecular weight is 421 g/mol. The van der Waals surface area contributed by atoms with Gasteiger partial charge in [0.15, 0.2) is 6.61 Å². The summed E-state index contributed by atoms with van der Waals surface area (Å²) in [7, 11) is 3.90. The minimum absolute atomic E-state index is 0.340. The van der Waals surface area contributed by atoms with Crippen molar-refractivity contribution in [3.63, 3.8) is 0 Å². The lowest BCUT2D eigenvalue weighted by atomic mass is 10.1. The Morgan fingerprint density at radius 1 is 0.900 bits per heavy atom. The Morgan fingerprint density at radius 2 is 1.50 bits per heavy atom. The molecule has 0 saturated heterocycles. The normalized spacial score (nSPS) is 11.4. The van der Waals surface area contributed by atoms with Crippen LogP contribution in [0, 0.1) is 0 Å². The number of nitrogens with zero attached hydrogens (tertiary/aromatic N) is 1. The smallest absolute Gasteiger partial charge is 0.324 e. The van der Waals surface area contributed by atoms with Gasteiger partial charge in [0.05, 0.1) is 0 Å². The summed E-state index contributed by atoms with van der Waals surface area (Å²) in [5.74, 6) is -0.828. The van der Waals surface area contributed by atoms with Crippen LogP contribution >= 0.6 is 11.8 Å². The van der Waals surface area contributed by atoms with Crippen molar-refractivity contribution in [1.29, 1.82) is 0 Å². The molecule has 0 heterocycles. The van der Waals surface area contributed by atoms with Crippen LogP contribution in [0.1, 0.15) is 10.8 Å². The molecule has 0 fully saturated rings. The first kappa shape index (κ1) is 21.5. The average Bonchev–Trinajstić information content (AvgIpc) is 2.77. The fourth-order valence-electron chi connectivity index (χ4n) is 2.77. The van der Waals surface area contributed by atoms with E-state index in [1.807, 2.05) is 104 Å². The van der Waals surface area contributed by atoms with E-state index in [9.17, 15) is 9.59 Å². The number of anilines is 2. The van der Waals surface area contributed by atoms with Crippen LogP contribution in [-0.2, 0) is 14.3 Å². The molecule has 0 bridgehead atoms. The van der Waals surface area contributed by atoms with Crippen molar-refractivity contribution in [2.24, 2.45) is 0 Å². The Bertz CT molecular complexity index is 961. The van der Waals surface area contributed by atoms with Crippen LogP contribution in [0.25, 0.3) is 0 Å². The molecule has 1 N–H and O–H groups in total. The number of thioether (sulfide) groups is 1. The summed E-state index contributed by atoms with van der Waals surface area (Å²) in [4.78, 5) is 28.0. The molecule has 0 aromatic heterocycles. The Kier molecular flexibility index (Phi) is 7.51. The summed E-state index contributed by atoms with van der Waals surface area (Å²) in [5, 5.41) is 2.20. The highest BCUT2D eigenvalue weighted by molar-refractivity contribution is 8.00. The number of hydrogen-bond acceptors (Lipinski definition) is 5. The van der Waals surface area contributed by atoms with Gasteiger partial charge in [-0.05, 0) is 42.0 Å². The van der Waals surface area contributed by atoms with Crippen molar-refractivity contribution in [1.82, 2.24) is 0 Å². The van der Waals surface area contributed by atoms with Crippen LogP contribution in [0.2, 0.25) is 0 Å². The Morgan fingerprint density at radius 3 is 2.10 bits per heavy atom. The Balaban J connectivity index is 1.61. The number of amides is 1. The minimum atomic E-state index is -0.555. The maximum Gasteiger partial charge on any atom is 0.324 e. The Labute approximate surface area is 181 Å². The second-order valence-electron chi connectivity index (χ2n) is 6.82. The van der Waals surface area contributed by atoms with Crippen molar-refractivity contribution < 1.29 is 14.3 Å². The van der Waals surface area contributed by atoms with Gasteiger partial charge in [0.1, 0.15) is 5.25 Å². The molecule has 0 spiro atoms. The van der Waals surface area contributed by atoms with E-state index >= 15 is 0 Å². The number of nitrogens with one attached hydrogen (secondary N) is 1. The number of esters is 1. The lowest BCUT2D eigenvalue weighted by molar-refractivity contribution is -0.146. The standard InChI is InChI=1S/C24H24N2O3S/c1-26(2)20-15-13-19(14-16-20)25-22(27)17-29-24(28)23(18-9-5-3-6-10-18)30-21-11-7-4-8-12-21/h3-16,23H,17H2,1-2H3,(H,25,27)/t23-/m1/s1. The van der Waals surface area contributed by atoms with Gasteiger partial charge in [0.2, 0.25) is 0 Å². The monoisotopic (exact) mass is 420 g/mol. The maximum atomic E-state index is 12.8. The van der Waals surface area contributed by atoms with E-state index in [1.54, 1.807) is 0 Å². The maximum absolute atomic E-state index is 12.8. The number of carbonyl (C=O) groups is 2. The predicted molar refractivity (Wildman–Crippen MR) is 122 cm³/mol. The van der Waals surface area contributed by atoms with E-state index in [4.69, 9.17) is 4.74 Å². The third-order valence-electron chi connectivity index (χ3n) is 4.33. The Hall–Kier alpha value is -3.25. The number of benzene rings is 3. The summed E-state index contributed by atoms with van der Waals surface area (Å²) in [6.07, 6.45) is 0. The SMILES string of the molecule is CN(C)c1ccc(NC(=O)COC(=O)[C@H](Sc2ccccc2)c2ccccc2)cc1. The van der Waals surface area contributed by atoms with Crippen LogP contribution in [0.5, 0.6) is 0 Å². The largest absolute Gasteiger partial charge is 0.454 e. The third kappa shape index (κ3) is 6.12. The summed E-state index contributed by atoms with van der Waals surface area (Å²) < 4.78 is 5.35. The van der Waals surface area contributed by atoms with Crippen LogP contribution in [0.15, 0.2) is 89.8 Å². The molecule has 0 unspecified atom stereocenters. The van der Waals surface area contributed by atoms with Gasteiger partial charge < -0.3 is 15.0 Å². The molecule has 0 aliphatic carbocycles. The highest BCUT2D eigenvalue weighted by atomic mass is 32.2. The van der Waals surface area contributed by atoms with Crippen LogP contribution in [-0.4, -0.2) is 32.6 Å². The molecule has 3 aromatic carbocycles. The predicted octanol–water partition coefficient (Wildman–Crippen LogP) is 4.77. The quantitative estimate of drug-likeness (QED) is 0.420. The van der Waals surface area contributed by atoms with Gasteiger partial charge in [-0.3, -0.25) is 9.59 Å². The van der Waals surface area contributed by atoms with Gasteiger partial charge in [-0.15, -0.1) is 11.8 Å². The molecule has 0 aliphatic rings. The molecule has 6 heteroatoms. The van der Waals surface area contributed by atoms with E-state index in [-0.39, 0.29) is 12.5 Å². The zero-order chi connectivity index (χ0) is 21.3. The molecule has 0 saturated carbocycles. The molecule has 0 radical (unpaired) electrons. The van der Waals surface area contributed by atoms with Crippen LogP contribution in [0.3, 0.4) is 0 Å². The van der Waals surface area contributed by atoms with Crippen LogP contribution in [0.4, 0.5) is 11.4 Å². The summed E-state index contributed by atoms with van der Waals surface area (Å²) in [6.45, 7) is -0.340. The molecule has 1 atom stereocenters. The summed E-state index contributed by atoms with van der Waals surface area (Å²) in [6, 6.07) is 26.5. The molecule has 154 valence electrons. The number of rotatable bonds is 8. The first-order valence-electron chi connectivity index (χ1n) is 9.53. The van der Waals surface area contributed by atoms with E-state index in [1.165, 1.54) is 11.8 Å². The fraction of sp³-hybridized carbons (Fsp3) is 0.167. The molecular weight excluding hydrogens is 396 g/mol. The number of ether oxygens (including phenoxy) is 1. The van der Waals surface area contributed by atoms with Gasteiger partial charge in [-0.25, -0.2) is 0 Å². The molecule has 1 amide bonds. The third-order valence-corrected chi connectivity index (χ3v) is 5.57. The lowest BCUT2D eigenvalue weighted by Crippen LogP contribution is -2.23. The zero-order valence-corrected chi connectivity index (χ0v) is 17.8. The highest BCUT2D eigenvalue weighted by Crippen LogP contribution is 2.36. The first-order chi connectivity index (χ1) is 14.5.